The number of carbonyl (C=O) groups is 1. The Balaban J connectivity index is 1.29. The summed E-state index contributed by atoms with van der Waals surface area (Å²) >= 11 is 0. The van der Waals surface area contributed by atoms with E-state index in [1.807, 2.05) is 0 Å². The summed E-state index contributed by atoms with van der Waals surface area (Å²) in [7, 11) is 0. The fourth-order valence-corrected chi connectivity index (χ4v) is 4.71. The lowest BCUT2D eigenvalue weighted by Gasteiger charge is -2.34. The molecule has 15 heteroatoms. The predicted octanol–water partition coefficient (Wildman–Crippen LogP) is 8.30. The summed E-state index contributed by atoms with van der Waals surface area (Å²) in [5.74, 6) is -1.59. The molecule has 44 heavy (non-hydrogen) atoms. The number of fused-ring (bicyclic) bond motifs is 1. The number of alkyl halides is 9. The topological polar surface area (TPSA) is 68.2 Å². The van der Waals surface area contributed by atoms with E-state index in [1.165, 1.54) is 24.3 Å². The Labute approximate surface area is 243 Å². The van der Waals surface area contributed by atoms with Gasteiger partial charge in [0.15, 0.2) is 6.04 Å². The molecular weight excluding hydrogens is 607 g/mol. The van der Waals surface area contributed by atoms with Crippen LogP contribution in [0.2, 0.25) is 0 Å². The molecular formula is C29H21F9N4O2. The number of hydrogen-bond donors (Lipinski definition) is 2. The van der Waals surface area contributed by atoms with Crippen LogP contribution in [0.3, 0.4) is 0 Å². The highest BCUT2D eigenvalue weighted by Crippen LogP contribution is 2.44. The van der Waals surface area contributed by atoms with Crippen LogP contribution in [0.4, 0.5) is 45.3 Å². The molecule has 0 saturated heterocycles. The van der Waals surface area contributed by atoms with Crippen LogP contribution < -0.4 is 15.4 Å². The van der Waals surface area contributed by atoms with Crippen LogP contribution in [0.1, 0.15) is 51.1 Å². The number of anilines is 1. The average Bonchev–Trinajstić information content (AvgIpc) is 3.39. The number of aromatic nitrogens is 2. The lowest BCUT2D eigenvalue weighted by atomic mass is 9.96. The number of rotatable bonds is 6. The van der Waals surface area contributed by atoms with Crippen LogP contribution in [0.15, 0.2) is 79.0 Å². The van der Waals surface area contributed by atoms with E-state index in [2.05, 4.69) is 15.7 Å². The third-order valence-corrected chi connectivity index (χ3v) is 6.86. The van der Waals surface area contributed by atoms with E-state index in [-0.39, 0.29) is 36.2 Å². The average molecular weight is 628 g/mol. The maximum absolute atomic E-state index is 13.9. The van der Waals surface area contributed by atoms with Crippen LogP contribution in [0.5, 0.6) is 11.5 Å². The largest absolute Gasteiger partial charge is 0.457 e. The number of halogens is 9. The van der Waals surface area contributed by atoms with Crippen molar-refractivity contribution in [2.24, 2.45) is 0 Å². The highest BCUT2D eigenvalue weighted by Gasteiger charge is 2.47. The Hall–Kier alpha value is -4.69. The second-order valence-corrected chi connectivity index (χ2v) is 9.92. The van der Waals surface area contributed by atoms with Crippen molar-refractivity contribution >= 4 is 11.7 Å². The first-order chi connectivity index (χ1) is 20.6. The van der Waals surface area contributed by atoms with Crippen LogP contribution in [-0.4, -0.2) is 21.9 Å². The second kappa shape index (κ2) is 11.4. The van der Waals surface area contributed by atoms with Crippen molar-refractivity contribution < 1.29 is 49.0 Å². The maximum atomic E-state index is 13.9. The second-order valence-electron chi connectivity index (χ2n) is 9.92. The van der Waals surface area contributed by atoms with Crippen molar-refractivity contribution in [1.82, 2.24) is 15.1 Å². The van der Waals surface area contributed by atoms with Crippen molar-refractivity contribution in [2.75, 3.05) is 5.32 Å². The van der Waals surface area contributed by atoms with Crippen LogP contribution >= 0.6 is 0 Å². The summed E-state index contributed by atoms with van der Waals surface area (Å²) in [6.45, 7) is -0.115. The van der Waals surface area contributed by atoms with Gasteiger partial charge < -0.3 is 15.4 Å². The molecule has 1 aromatic heterocycles. The molecule has 3 aromatic carbocycles. The van der Waals surface area contributed by atoms with E-state index in [4.69, 9.17) is 4.74 Å². The summed E-state index contributed by atoms with van der Waals surface area (Å²) < 4.78 is 126. The molecule has 5 rings (SSSR count). The zero-order valence-corrected chi connectivity index (χ0v) is 22.2. The van der Waals surface area contributed by atoms with Gasteiger partial charge in [0, 0.05) is 13.0 Å². The molecule has 0 bridgehead atoms. The fourth-order valence-electron chi connectivity index (χ4n) is 4.71. The molecule has 0 spiro atoms. The van der Waals surface area contributed by atoms with Gasteiger partial charge in [-0.3, -0.25) is 4.79 Å². The van der Waals surface area contributed by atoms with Crippen molar-refractivity contribution in [1.29, 1.82) is 0 Å². The van der Waals surface area contributed by atoms with Gasteiger partial charge in [0.25, 0.3) is 5.91 Å². The fraction of sp³-hybridized carbons (Fsp3) is 0.241. The highest BCUT2D eigenvalue weighted by molar-refractivity contribution is 5.98. The minimum atomic E-state index is -5.04. The first-order valence-electron chi connectivity index (χ1n) is 12.9. The Morgan fingerprint density at radius 1 is 0.864 bits per heavy atom. The standard InChI is InChI=1S/C29H21F9N4O2/c30-27(31,32)18-10-19(28(33,34)35)12-21(11-18)44-20-8-6-16(7-9-20)14-39-26(43)22-15-40-42-24(29(36,37)38)13-23(41-25(22)42)17-4-2-1-3-5-17/h1-12,15,23-24,41H,13-14H2,(H,39,43). The van der Waals surface area contributed by atoms with E-state index in [1.54, 1.807) is 30.3 Å². The number of amides is 1. The Bertz CT molecular complexity index is 1600. The third kappa shape index (κ3) is 6.76. The van der Waals surface area contributed by atoms with Crippen molar-refractivity contribution in [3.63, 3.8) is 0 Å². The van der Waals surface area contributed by atoms with Gasteiger partial charge in [0.1, 0.15) is 22.9 Å². The van der Waals surface area contributed by atoms with Crippen LogP contribution in [0.25, 0.3) is 0 Å². The molecule has 2 N–H and O–H groups in total. The Kier molecular flexibility index (Phi) is 7.99. The van der Waals surface area contributed by atoms with Crippen LogP contribution in [0, 0.1) is 0 Å². The van der Waals surface area contributed by atoms with E-state index in [0.717, 1.165) is 10.9 Å². The molecule has 6 nitrogen and oxygen atoms in total. The van der Waals surface area contributed by atoms with Crippen molar-refractivity contribution in [3.8, 4) is 11.5 Å². The van der Waals surface area contributed by atoms with Gasteiger partial charge in [-0.1, -0.05) is 42.5 Å². The predicted molar refractivity (Wildman–Crippen MR) is 139 cm³/mol. The molecule has 0 radical (unpaired) electrons. The highest BCUT2D eigenvalue weighted by atomic mass is 19.4. The first-order valence-corrected chi connectivity index (χ1v) is 12.9. The van der Waals surface area contributed by atoms with Crippen molar-refractivity contribution in [3.05, 3.63) is 107 Å². The van der Waals surface area contributed by atoms with Gasteiger partial charge in [0.2, 0.25) is 0 Å². The molecule has 232 valence electrons. The molecule has 0 saturated carbocycles. The molecule has 1 amide bonds. The number of carbonyl (C=O) groups excluding carboxylic acids is 1. The first kappa shape index (κ1) is 30.8. The summed E-state index contributed by atoms with van der Waals surface area (Å²) in [6, 6.07) is 12.0. The smallest absolute Gasteiger partial charge is 0.416 e. The summed E-state index contributed by atoms with van der Waals surface area (Å²) in [6.07, 6.45) is -14.0. The lowest BCUT2D eigenvalue weighted by molar-refractivity contribution is -0.173. The molecule has 4 aromatic rings. The maximum Gasteiger partial charge on any atom is 0.416 e. The Morgan fingerprint density at radius 2 is 1.48 bits per heavy atom. The zero-order valence-electron chi connectivity index (χ0n) is 22.2. The van der Waals surface area contributed by atoms with Gasteiger partial charge in [-0.2, -0.15) is 44.6 Å². The van der Waals surface area contributed by atoms with Crippen LogP contribution in [-0.2, 0) is 18.9 Å². The zero-order chi connectivity index (χ0) is 31.9. The number of nitrogens with zero attached hydrogens (tertiary/aromatic N) is 2. The van der Waals surface area contributed by atoms with Gasteiger partial charge in [-0.05, 0) is 41.5 Å². The van der Waals surface area contributed by atoms with Crippen molar-refractivity contribution in [2.45, 2.75) is 43.6 Å². The van der Waals surface area contributed by atoms with E-state index in [9.17, 15) is 44.3 Å². The number of hydrogen-bond acceptors (Lipinski definition) is 4. The van der Waals surface area contributed by atoms with Gasteiger partial charge in [-0.25, -0.2) is 4.68 Å². The molecule has 2 atom stereocenters. The molecule has 2 heterocycles. The number of ether oxygens (including phenoxy) is 1. The quantitative estimate of drug-likeness (QED) is 0.211. The summed E-state index contributed by atoms with van der Waals surface area (Å²) in [5.41, 5.74) is -2.13. The van der Waals surface area contributed by atoms with E-state index in [0.29, 0.717) is 23.3 Å². The number of nitrogens with one attached hydrogen (secondary N) is 2. The normalized spacial score (nSPS) is 17.0. The summed E-state index contributed by atoms with van der Waals surface area (Å²) in [5, 5.41) is 9.37. The monoisotopic (exact) mass is 628 g/mol. The van der Waals surface area contributed by atoms with E-state index >= 15 is 0 Å². The molecule has 2 unspecified atom stereocenters. The molecule has 1 aliphatic rings. The van der Waals surface area contributed by atoms with Gasteiger partial charge in [-0.15, -0.1) is 0 Å². The Morgan fingerprint density at radius 3 is 2.05 bits per heavy atom. The SMILES string of the molecule is O=C(NCc1ccc(Oc2cc(C(F)(F)F)cc(C(F)(F)F)c2)cc1)c1cnn2c1NC(c1ccccc1)CC2C(F)(F)F. The molecule has 0 aliphatic carbocycles. The minimum Gasteiger partial charge on any atom is -0.457 e. The molecule has 1 aliphatic heterocycles. The molecule has 0 fully saturated rings. The summed E-state index contributed by atoms with van der Waals surface area (Å²) in [4.78, 5) is 13.0. The van der Waals surface area contributed by atoms with Gasteiger partial charge >= 0.3 is 18.5 Å². The van der Waals surface area contributed by atoms with Gasteiger partial charge in [0.05, 0.1) is 23.4 Å². The number of benzene rings is 3. The minimum absolute atomic E-state index is 0.0167. The van der Waals surface area contributed by atoms with E-state index < -0.39 is 53.4 Å². The third-order valence-electron chi connectivity index (χ3n) is 6.86. The lowest BCUT2D eigenvalue weighted by Crippen LogP contribution is -2.36.